The fourth-order valence-electron chi connectivity index (χ4n) is 1.77. The van der Waals surface area contributed by atoms with Crippen LogP contribution in [0.1, 0.15) is 19.3 Å². The number of nitrogens with one attached hydrogen (secondary N) is 1. The summed E-state index contributed by atoms with van der Waals surface area (Å²) in [5.74, 6) is 0. The van der Waals surface area contributed by atoms with Gasteiger partial charge in [0.25, 0.3) is 0 Å². The Kier molecular flexibility index (Phi) is 5.51. The maximum Gasteiger partial charge on any atom is 0.415 e. The molecule has 0 saturated carbocycles. The van der Waals surface area contributed by atoms with Crippen LogP contribution < -0.4 is 5.32 Å². The van der Waals surface area contributed by atoms with E-state index in [9.17, 15) is 13.2 Å². The van der Waals surface area contributed by atoms with E-state index in [-0.39, 0.29) is 0 Å². The molecule has 0 aromatic rings. The third kappa shape index (κ3) is 5.14. The normalized spacial score (nSPS) is 21.0. The van der Waals surface area contributed by atoms with Crippen LogP contribution in [0.3, 0.4) is 0 Å². The van der Waals surface area contributed by atoms with Gasteiger partial charge in [-0.05, 0) is 25.9 Å². The number of aliphatic hydroxyl groups excluding tert-OH is 1. The molecule has 0 aromatic heterocycles. The Bertz CT molecular complexity index is 193. The zero-order valence-corrected chi connectivity index (χ0v) is 9.26. The van der Waals surface area contributed by atoms with E-state index < -0.39 is 18.8 Å². The summed E-state index contributed by atoms with van der Waals surface area (Å²) in [5, 5.41) is 11.3. The smallest absolute Gasteiger partial charge is 0.382 e. The standard InChI is InChI=1S/C10H19F3N2O/c11-10(12,13)9(16)8-14-4-7-15-5-2-1-3-6-15/h9,14,16H,1-8H2. The molecule has 0 bridgehead atoms. The Morgan fingerprint density at radius 3 is 2.38 bits per heavy atom. The molecule has 1 rings (SSSR count). The number of alkyl halides is 3. The minimum absolute atomic E-state index is 0.419. The number of hydrogen-bond donors (Lipinski definition) is 2. The molecule has 1 atom stereocenters. The number of hydrogen-bond acceptors (Lipinski definition) is 3. The van der Waals surface area contributed by atoms with E-state index >= 15 is 0 Å². The van der Waals surface area contributed by atoms with Gasteiger partial charge in [0.2, 0.25) is 0 Å². The predicted molar refractivity (Wildman–Crippen MR) is 55.2 cm³/mol. The van der Waals surface area contributed by atoms with Crippen molar-refractivity contribution in [1.29, 1.82) is 0 Å². The third-order valence-electron chi connectivity index (χ3n) is 2.77. The largest absolute Gasteiger partial charge is 0.415 e. The fraction of sp³-hybridized carbons (Fsp3) is 1.00. The lowest BCUT2D eigenvalue weighted by atomic mass is 10.1. The molecule has 0 amide bonds. The van der Waals surface area contributed by atoms with Gasteiger partial charge < -0.3 is 15.3 Å². The number of halogens is 3. The zero-order chi connectivity index (χ0) is 12.0. The second-order valence-corrected chi connectivity index (χ2v) is 4.16. The summed E-state index contributed by atoms with van der Waals surface area (Å²) >= 11 is 0. The van der Waals surface area contributed by atoms with E-state index in [4.69, 9.17) is 5.11 Å². The van der Waals surface area contributed by atoms with Crippen LogP contribution in [0.15, 0.2) is 0 Å². The number of aliphatic hydroxyl groups is 1. The van der Waals surface area contributed by atoms with Gasteiger partial charge in [-0.25, -0.2) is 0 Å². The van der Waals surface area contributed by atoms with Crippen LogP contribution in [0.5, 0.6) is 0 Å². The highest BCUT2D eigenvalue weighted by atomic mass is 19.4. The van der Waals surface area contributed by atoms with E-state index in [1.165, 1.54) is 19.3 Å². The molecule has 1 saturated heterocycles. The SMILES string of the molecule is OC(CNCCN1CCCCC1)C(F)(F)F. The molecule has 0 aromatic carbocycles. The first kappa shape index (κ1) is 13.7. The van der Waals surface area contributed by atoms with Crippen molar-refractivity contribution in [3.8, 4) is 0 Å². The number of piperidine rings is 1. The Morgan fingerprint density at radius 2 is 1.81 bits per heavy atom. The molecular weight excluding hydrogens is 221 g/mol. The van der Waals surface area contributed by atoms with Crippen molar-refractivity contribution in [2.24, 2.45) is 0 Å². The summed E-state index contributed by atoms with van der Waals surface area (Å²) in [7, 11) is 0. The highest BCUT2D eigenvalue weighted by Gasteiger charge is 2.37. The summed E-state index contributed by atoms with van der Waals surface area (Å²) in [4.78, 5) is 2.23. The van der Waals surface area contributed by atoms with Gasteiger partial charge in [0.05, 0.1) is 0 Å². The first-order chi connectivity index (χ1) is 7.50. The third-order valence-corrected chi connectivity index (χ3v) is 2.77. The molecule has 2 N–H and O–H groups in total. The first-order valence-corrected chi connectivity index (χ1v) is 5.68. The van der Waals surface area contributed by atoms with E-state index in [1.807, 2.05) is 0 Å². The summed E-state index contributed by atoms with van der Waals surface area (Å²) in [6.07, 6.45) is -3.18. The fourth-order valence-corrected chi connectivity index (χ4v) is 1.77. The number of nitrogens with zero attached hydrogens (tertiary/aromatic N) is 1. The minimum atomic E-state index is -4.52. The number of rotatable bonds is 5. The van der Waals surface area contributed by atoms with Crippen molar-refractivity contribution >= 4 is 0 Å². The lowest BCUT2D eigenvalue weighted by Crippen LogP contribution is -2.42. The van der Waals surface area contributed by atoms with Crippen LogP contribution in [0.4, 0.5) is 13.2 Å². The molecule has 0 radical (unpaired) electrons. The van der Waals surface area contributed by atoms with Crippen molar-refractivity contribution in [3.05, 3.63) is 0 Å². The molecule has 96 valence electrons. The van der Waals surface area contributed by atoms with Crippen molar-refractivity contribution in [3.63, 3.8) is 0 Å². The molecule has 1 aliphatic rings. The maximum atomic E-state index is 11.9. The average Bonchev–Trinajstić information content (AvgIpc) is 2.24. The lowest BCUT2D eigenvalue weighted by molar-refractivity contribution is -0.201. The summed E-state index contributed by atoms with van der Waals surface area (Å²) in [6, 6.07) is 0. The van der Waals surface area contributed by atoms with Crippen LogP contribution in [0.2, 0.25) is 0 Å². The van der Waals surface area contributed by atoms with Crippen LogP contribution in [0, 0.1) is 0 Å². The average molecular weight is 240 g/mol. The predicted octanol–water partition coefficient (Wildman–Crippen LogP) is 0.985. The highest BCUT2D eigenvalue weighted by molar-refractivity contribution is 4.70. The molecular formula is C10H19F3N2O. The summed E-state index contributed by atoms with van der Waals surface area (Å²) in [6.45, 7) is 2.89. The van der Waals surface area contributed by atoms with E-state index in [0.717, 1.165) is 19.6 Å². The summed E-state index contributed by atoms with van der Waals surface area (Å²) < 4.78 is 35.8. The van der Waals surface area contributed by atoms with Gasteiger partial charge in [0.1, 0.15) is 0 Å². The van der Waals surface area contributed by atoms with Gasteiger partial charge in [0, 0.05) is 19.6 Å². The first-order valence-electron chi connectivity index (χ1n) is 5.68. The van der Waals surface area contributed by atoms with Gasteiger partial charge in [-0.1, -0.05) is 6.42 Å². The Balaban J connectivity index is 2.02. The molecule has 16 heavy (non-hydrogen) atoms. The van der Waals surface area contributed by atoms with Crippen LogP contribution in [-0.4, -0.2) is 55.0 Å². The maximum absolute atomic E-state index is 11.9. The molecule has 0 aliphatic carbocycles. The summed E-state index contributed by atoms with van der Waals surface area (Å²) in [5.41, 5.74) is 0. The van der Waals surface area contributed by atoms with Crippen LogP contribution in [-0.2, 0) is 0 Å². The monoisotopic (exact) mass is 240 g/mol. The van der Waals surface area contributed by atoms with Crippen molar-refractivity contribution in [2.75, 3.05) is 32.7 Å². The Hall–Kier alpha value is -0.330. The second kappa shape index (κ2) is 6.42. The lowest BCUT2D eigenvalue weighted by Gasteiger charge is -2.26. The quantitative estimate of drug-likeness (QED) is 0.703. The number of likely N-dealkylation sites (tertiary alicyclic amines) is 1. The minimum Gasteiger partial charge on any atom is -0.382 e. The van der Waals surface area contributed by atoms with E-state index in [0.29, 0.717) is 6.54 Å². The van der Waals surface area contributed by atoms with Gasteiger partial charge in [-0.2, -0.15) is 13.2 Å². The van der Waals surface area contributed by atoms with Gasteiger partial charge in [-0.15, -0.1) is 0 Å². The molecule has 6 heteroatoms. The Morgan fingerprint density at radius 1 is 1.19 bits per heavy atom. The van der Waals surface area contributed by atoms with Gasteiger partial charge in [0.15, 0.2) is 6.10 Å². The topological polar surface area (TPSA) is 35.5 Å². The van der Waals surface area contributed by atoms with E-state index in [1.54, 1.807) is 0 Å². The van der Waals surface area contributed by atoms with Gasteiger partial charge in [-0.3, -0.25) is 0 Å². The van der Waals surface area contributed by atoms with Crippen molar-refractivity contribution < 1.29 is 18.3 Å². The molecule has 1 heterocycles. The van der Waals surface area contributed by atoms with Crippen LogP contribution >= 0.6 is 0 Å². The molecule has 3 nitrogen and oxygen atoms in total. The highest BCUT2D eigenvalue weighted by Crippen LogP contribution is 2.19. The van der Waals surface area contributed by atoms with Crippen molar-refractivity contribution in [2.45, 2.75) is 31.5 Å². The molecule has 0 spiro atoms. The zero-order valence-electron chi connectivity index (χ0n) is 9.26. The van der Waals surface area contributed by atoms with Crippen LogP contribution in [0.25, 0.3) is 0 Å². The molecule has 1 aliphatic heterocycles. The second-order valence-electron chi connectivity index (χ2n) is 4.16. The molecule has 1 fully saturated rings. The van der Waals surface area contributed by atoms with Crippen molar-refractivity contribution in [1.82, 2.24) is 10.2 Å². The molecule has 1 unspecified atom stereocenters. The van der Waals surface area contributed by atoms with Gasteiger partial charge >= 0.3 is 6.18 Å². The van der Waals surface area contributed by atoms with E-state index in [2.05, 4.69) is 10.2 Å². The Labute approximate surface area is 93.6 Å².